The summed E-state index contributed by atoms with van der Waals surface area (Å²) in [6.45, 7) is 2.64. The molecule has 0 atom stereocenters. The van der Waals surface area contributed by atoms with E-state index in [-0.39, 0.29) is 5.91 Å². The van der Waals surface area contributed by atoms with Crippen LogP contribution in [0.15, 0.2) is 46.9 Å². The minimum atomic E-state index is -0.00912. The zero-order chi connectivity index (χ0) is 14.5. The number of benzene rings is 2. The molecule has 20 heavy (non-hydrogen) atoms. The van der Waals surface area contributed by atoms with Gasteiger partial charge in [0.2, 0.25) is 0 Å². The van der Waals surface area contributed by atoms with E-state index in [0.29, 0.717) is 6.54 Å². The van der Waals surface area contributed by atoms with E-state index in [0.717, 1.165) is 25.6 Å². The van der Waals surface area contributed by atoms with Crippen LogP contribution in [-0.4, -0.2) is 12.5 Å². The van der Waals surface area contributed by atoms with Crippen molar-refractivity contribution in [2.24, 2.45) is 0 Å². The summed E-state index contributed by atoms with van der Waals surface area (Å²) in [5.74, 6) is -0.00912. The predicted molar refractivity (Wildman–Crippen MR) is 94.1 cm³/mol. The second-order valence-electron chi connectivity index (χ2n) is 4.53. The van der Waals surface area contributed by atoms with Crippen molar-refractivity contribution in [3.8, 4) is 0 Å². The molecule has 2 rings (SSSR count). The second kappa shape index (κ2) is 7.22. The fraction of sp³-hybridized carbons (Fsp3) is 0.188. The van der Waals surface area contributed by atoms with Gasteiger partial charge in [-0.25, -0.2) is 0 Å². The van der Waals surface area contributed by atoms with Crippen LogP contribution in [0.4, 0.5) is 0 Å². The molecule has 0 spiro atoms. The van der Waals surface area contributed by atoms with Gasteiger partial charge in [0.1, 0.15) is 0 Å². The van der Waals surface area contributed by atoms with Crippen molar-refractivity contribution in [1.82, 2.24) is 5.32 Å². The first-order valence-electron chi connectivity index (χ1n) is 6.36. The number of rotatable bonds is 4. The van der Waals surface area contributed by atoms with Crippen LogP contribution < -0.4 is 5.32 Å². The molecule has 0 heterocycles. The van der Waals surface area contributed by atoms with Crippen molar-refractivity contribution in [1.29, 1.82) is 0 Å². The number of aryl methyl sites for hydroxylation is 1. The SMILES string of the molecule is Cc1cccc(C(=O)NCCc2ccccc2Br)c1I. The summed E-state index contributed by atoms with van der Waals surface area (Å²) < 4.78 is 2.10. The van der Waals surface area contributed by atoms with E-state index in [9.17, 15) is 4.79 Å². The maximum Gasteiger partial charge on any atom is 0.252 e. The lowest BCUT2D eigenvalue weighted by molar-refractivity contribution is 0.0953. The molecule has 0 aromatic heterocycles. The molecule has 2 aromatic rings. The van der Waals surface area contributed by atoms with E-state index >= 15 is 0 Å². The van der Waals surface area contributed by atoms with Crippen LogP contribution in [-0.2, 0) is 6.42 Å². The zero-order valence-corrected chi connectivity index (χ0v) is 14.9. The molecule has 0 aliphatic rings. The minimum absolute atomic E-state index is 0.00912. The molecule has 4 heteroatoms. The van der Waals surface area contributed by atoms with E-state index in [1.54, 1.807) is 0 Å². The van der Waals surface area contributed by atoms with Crippen LogP contribution in [0.5, 0.6) is 0 Å². The molecule has 104 valence electrons. The third kappa shape index (κ3) is 3.82. The molecule has 0 saturated heterocycles. The first-order valence-corrected chi connectivity index (χ1v) is 8.23. The quantitative estimate of drug-likeness (QED) is 0.700. The Bertz CT molecular complexity index is 628. The van der Waals surface area contributed by atoms with E-state index < -0.39 is 0 Å². The summed E-state index contributed by atoms with van der Waals surface area (Å²) in [7, 11) is 0. The summed E-state index contributed by atoms with van der Waals surface area (Å²) in [4.78, 5) is 12.2. The van der Waals surface area contributed by atoms with Crippen LogP contribution in [0.1, 0.15) is 21.5 Å². The maximum absolute atomic E-state index is 12.2. The first-order chi connectivity index (χ1) is 9.59. The van der Waals surface area contributed by atoms with Crippen molar-refractivity contribution < 1.29 is 4.79 Å². The number of amides is 1. The van der Waals surface area contributed by atoms with E-state index in [4.69, 9.17) is 0 Å². The third-order valence-electron chi connectivity index (χ3n) is 3.07. The second-order valence-corrected chi connectivity index (χ2v) is 6.47. The monoisotopic (exact) mass is 443 g/mol. The zero-order valence-electron chi connectivity index (χ0n) is 11.1. The molecule has 0 saturated carbocycles. The highest BCUT2D eigenvalue weighted by molar-refractivity contribution is 14.1. The van der Waals surface area contributed by atoms with Gasteiger partial charge in [-0.05, 0) is 59.2 Å². The van der Waals surface area contributed by atoms with Crippen molar-refractivity contribution in [3.05, 3.63) is 67.2 Å². The lowest BCUT2D eigenvalue weighted by Crippen LogP contribution is -2.26. The van der Waals surface area contributed by atoms with Crippen LogP contribution in [0.2, 0.25) is 0 Å². The van der Waals surface area contributed by atoms with Gasteiger partial charge in [-0.15, -0.1) is 0 Å². The molecule has 0 bridgehead atoms. The Morgan fingerprint density at radius 3 is 2.70 bits per heavy atom. The maximum atomic E-state index is 12.2. The molecular weight excluding hydrogens is 429 g/mol. The van der Waals surface area contributed by atoms with Crippen molar-refractivity contribution in [2.75, 3.05) is 6.54 Å². The van der Waals surface area contributed by atoms with Crippen molar-refractivity contribution in [3.63, 3.8) is 0 Å². The molecule has 0 aliphatic heterocycles. The molecule has 1 amide bonds. The number of hydrogen-bond donors (Lipinski definition) is 1. The van der Waals surface area contributed by atoms with Crippen molar-refractivity contribution in [2.45, 2.75) is 13.3 Å². The molecule has 0 aliphatic carbocycles. The van der Waals surface area contributed by atoms with Gasteiger partial charge in [0.25, 0.3) is 5.91 Å². The van der Waals surface area contributed by atoms with Crippen LogP contribution in [0.3, 0.4) is 0 Å². The normalized spacial score (nSPS) is 10.3. The number of nitrogens with one attached hydrogen (secondary N) is 1. The number of carbonyl (C=O) groups is 1. The van der Waals surface area contributed by atoms with Crippen LogP contribution in [0.25, 0.3) is 0 Å². The summed E-state index contributed by atoms with van der Waals surface area (Å²) in [6.07, 6.45) is 0.815. The fourth-order valence-electron chi connectivity index (χ4n) is 1.93. The largest absolute Gasteiger partial charge is 0.352 e. The van der Waals surface area contributed by atoms with Crippen molar-refractivity contribution >= 4 is 44.4 Å². The van der Waals surface area contributed by atoms with Gasteiger partial charge in [0.15, 0.2) is 0 Å². The van der Waals surface area contributed by atoms with Crippen LogP contribution >= 0.6 is 38.5 Å². The minimum Gasteiger partial charge on any atom is -0.352 e. The topological polar surface area (TPSA) is 29.1 Å². The Kier molecular flexibility index (Phi) is 5.60. The van der Waals surface area contributed by atoms with E-state index in [1.807, 2.05) is 43.3 Å². The molecule has 2 aromatic carbocycles. The van der Waals surface area contributed by atoms with Gasteiger partial charge in [-0.2, -0.15) is 0 Å². The summed E-state index contributed by atoms with van der Waals surface area (Å²) in [5.41, 5.74) is 3.08. The van der Waals surface area contributed by atoms with Gasteiger partial charge >= 0.3 is 0 Å². The number of hydrogen-bond acceptors (Lipinski definition) is 1. The lowest BCUT2D eigenvalue weighted by Gasteiger charge is -2.09. The molecule has 1 N–H and O–H groups in total. The number of carbonyl (C=O) groups excluding carboxylic acids is 1. The molecule has 2 nitrogen and oxygen atoms in total. The van der Waals surface area contributed by atoms with Gasteiger partial charge in [-0.1, -0.05) is 46.3 Å². The van der Waals surface area contributed by atoms with Gasteiger partial charge < -0.3 is 5.32 Å². The lowest BCUT2D eigenvalue weighted by atomic mass is 10.1. The predicted octanol–water partition coefficient (Wildman–Crippen LogP) is 4.33. The van der Waals surface area contributed by atoms with E-state index in [2.05, 4.69) is 49.9 Å². The molecule has 0 radical (unpaired) electrons. The highest BCUT2D eigenvalue weighted by atomic mass is 127. The van der Waals surface area contributed by atoms with Gasteiger partial charge in [0.05, 0.1) is 5.56 Å². The fourth-order valence-corrected chi connectivity index (χ4v) is 3.02. The summed E-state index contributed by atoms with van der Waals surface area (Å²) >= 11 is 5.74. The smallest absolute Gasteiger partial charge is 0.252 e. The summed E-state index contributed by atoms with van der Waals surface area (Å²) in [6, 6.07) is 13.9. The molecular formula is C16H15BrINO. The third-order valence-corrected chi connectivity index (χ3v) is 5.28. The highest BCUT2D eigenvalue weighted by Gasteiger charge is 2.10. The van der Waals surface area contributed by atoms with Crippen LogP contribution in [0, 0.1) is 10.5 Å². The Hall–Kier alpha value is -0.880. The molecule has 0 unspecified atom stereocenters. The first kappa shape index (κ1) is 15.5. The highest BCUT2D eigenvalue weighted by Crippen LogP contribution is 2.17. The van der Waals surface area contributed by atoms with Gasteiger partial charge in [-0.3, -0.25) is 4.79 Å². The Balaban J connectivity index is 1.96. The standard InChI is InChI=1S/C16H15BrINO/c1-11-5-4-7-13(15(11)18)16(20)19-10-9-12-6-2-3-8-14(12)17/h2-8H,9-10H2,1H3,(H,19,20). The Morgan fingerprint density at radius 1 is 1.20 bits per heavy atom. The molecule has 0 fully saturated rings. The Labute approximate surface area is 141 Å². The Morgan fingerprint density at radius 2 is 1.95 bits per heavy atom. The summed E-state index contributed by atoms with van der Waals surface area (Å²) in [5, 5.41) is 2.98. The average Bonchev–Trinajstić information content (AvgIpc) is 2.44. The number of halogens is 2. The average molecular weight is 444 g/mol. The van der Waals surface area contributed by atoms with Gasteiger partial charge in [0, 0.05) is 14.6 Å². The van der Waals surface area contributed by atoms with E-state index in [1.165, 1.54) is 5.56 Å².